The van der Waals surface area contributed by atoms with Crippen LogP contribution in [0.2, 0.25) is 0 Å². The molecule has 1 fully saturated rings. The second-order valence-corrected chi connectivity index (χ2v) is 5.16. The van der Waals surface area contributed by atoms with Gasteiger partial charge in [0.15, 0.2) is 0 Å². The summed E-state index contributed by atoms with van der Waals surface area (Å²) < 4.78 is 0. The van der Waals surface area contributed by atoms with E-state index >= 15 is 0 Å². The molecular formula is C13H24N2O3. The highest BCUT2D eigenvalue weighted by atomic mass is 16.4. The molecule has 5 nitrogen and oxygen atoms in total. The van der Waals surface area contributed by atoms with Crippen LogP contribution in [0.15, 0.2) is 0 Å². The van der Waals surface area contributed by atoms with E-state index < -0.39 is 12.0 Å². The third kappa shape index (κ3) is 5.04. The van der Waals surface area contributed by atoms with Crippen molar-refractivity contribution >= 4 is 11.9 Å². The topological polar surface area (TPSA) is 69.6 Å². The first-order valence-electron chi connectivity index (χ1n) is 6.77. The highest BCUT2D eigenvalue weighted by Crippen LogP contribution is 2.15. The van der Waals surface area contributed by atoms with Crippen LogP contribution in [-0.2, 0) is 9.59 Å². The van der Waals surface area contributed by atoms with Crippen LogP contribution in [0.25, 0.3) is 0 Å². The SMILES string of the molecule is CCC(NC(=O)CCN1CCCC(C)C1)C(=O)O. The fourth-order valence-corrected chi connectivity index (χ4v) is 2.35. The molecular weight excluding hydrogens is 232 g/mol. The van der Waals surface area contributed by atoms with Gasteiger partial charge in [-0.25, -0.2) is 4.79 Å². The molecule has 104 valence electrons. The van der Waals surface area contributed by atoms with Gasteiger partial charge in [0.25, 0.3) is 0 Å². The van der Waals surface area contributed by atoms with Crippen LogP contribution in [0.1, 0.15) is 39.5 Å². The van der Waals surface area contributed by atoms with Crippen molar-refractivity contribution < 1.29 is 14.7 Å². The summed E-state index contributed by atoms with van der Waals surface area (Å²) in [7, 11) is 0. The van der Waals surface area contributed by atoms with Crippen LogP contribution in [-0.4, -0.2) is 47.6 Å². The summed E-state index contributed by atoms with van der Waals surface area (Å²) in [6, 6.07) is -0.752. The van der Waals surface area contributed by atoms with Gasteiger partial charge in [-0.05, 0) is 31.7 Å². The molecule has 0 spiro atoms. The molecule has 2 N–H and O–H groups in total. The summed E-state index contributed by atoms with van der Waals surface area (Å²) in [6.45, 7) is 6.80. The molecule has 0 aromatic heterocycles. The summed E-state index contributed by atoms with van der Waals surface area (Å²) in [5, 5.41) is 11.4. The van der Waals surface area contributed by atoms with Gasteiger partial charge in [0.1, 0.15) is 6.04 Å². The van der Waals surface area contributed by atoms with Crippen molar-refractivity contribution in [2.45, 2.75) is 45.6 Å². The van der Waals surface area contributed by atoms with Gasteiger partial charge in [-0.1, -0.05) is 13.8 Å². The minimum absolute atomic E-state index is 0.164. The number of hydrogen-bond donors (Lipinski definition) is 2. The quantitative estimate of drug-likeness (QED) is 0.746. The summed E-state index contributed by atoms with van der Waals surface area (Å²) in [5.41, 5.74) is 0. The first-order valence-corrected chi connectivity index (χ1v) is 6.77. The number of amides is 1. The second kappa shape index (κ2) is 7.36. The molecule has 1 amide bonds. The van der Waals surface area contributed by atoms with Crippen LogP contribution in [0.3, 0.4) is 0 Å². The summed E-state index contributed by atoms with van der Waals surface area (Å²) in [6.07, 6.45) is 3.26. The molecule has 2 atom stereocenters. The Kier molecular flexibility index (Phi) is 6.12. The molecule has 1 heterocycles. The van der Waals surface area contributed by atoms with Gasteiger partial charge in [0, 0.05) is 19.5 Å². The summed E-state index contributed by atoms with van der Waals surface area (Å²) >= 11 is 0. The van der Waals surface area contributed by atoms with E-state index in [0.717, 1.165) is 19.6 Å². The van der Waals surface area contributed by atoms with E-state index in [2.05, 4.69) is 17.1 Å². The molecule has 18 heavy (non-hydrogen) atoms. The number of carboxylic acid groups (broad SMARTS) is 1. The molecule has 0 saturated carbocycles. The monoisotopic (exact) mass is 256 g/mol. The minimum Gasteiger partial charge on any atom is -0.480 e. The van der Waals surface area contributed by atoms with E-state index in [1.54, 1.807) is 6.92 Å². The Morgan fingerprint density at radius 2 is 2.22 bits per heavy atom. The van der Waals surface area contributed by atoms with Gasteiger partial charge in [-0.15, -0.1) is 0 Å². The first-order chi connectivity index (χ1) is 8.52. The molecule has 0 bridgehead atoms. The summed E-state index contributed by atoms with van der Waals surface area (Å²) in [5.74, 6) is -0.427. The first kappa shape index (κ1) is 15.0. The lowest BCUT2D eigenvalue weighted by molar-refractivity contribution is -0.141. The van der Waals surface area contributed by atoms with Crippen molar-refractivity contribution in [1.82, 2.24) is 10.2 Å². The molecule has 1 aliphatic heterocycles. The van der Waals surface area contributed by atoms with Gasteiger partial charge in [0.05, 0.1) is 0 Å². The molecule has 1 rings (SSSR count). The Labute approximate surface area is 109 Å². The minimum atomic E-state index is -0.961. The average Bonchev–Trinajstić information content (AvgIpc) is 2.33. The zero-order chi connectivity index (χ0) is 13.5. The Bertz CT molecular complexity index is 294. The van der Waals surface area contributed by atoms with Gasteiger partial charge in [-0.2, -0.15) is 0 Å². The number of hydrogen-bond acceptors (Lipinski definition) is 3. The maximum atomic E-state index is 11.6. The summed E-state index contributed by atoms with van der Waals surface area (Å²) in [4.78, 5) is 24.7. The zero-order valence-corrected chi connectivity index (χ0v) is 11.3. The normalized spacial score (nSPS) is 22.4. The number of carboxylic acids is 1. The number of nitrogens with one attached hydrogen (secondary N) is 1. The van der Waals surface area contributed by atoms with E-state index in [4.69, 9.17) is 5.11 Å². The lowest BCUT2D eigenvalue weighted by Crippen LogP contribution is -2.42. The van der Waals surface area contributed by atoms with Gasteiger partial charge in [-0.3, -0.25) is 4.79 Å². The molecule has 1 aliphatic rings. The van der Waals surface area contributed by atoms with Gasteiger partial charge < -0.3 is 15.3 Å². The van der Waals surface area contributed by atoms with Crippen molar-refractivity contribution in [2.75, 3.05) is 19.6 Å². The Morgan fingerprint density at radius 1 is 1.50 bits per heavy atom. The van der Waals surface area contributed by atoms with E-state index in [0.29, 0.717) is 18.8 Å². The lowest BCUT2D eigenvalue weighted by atomic mass is 10.0. The highest BCUT2D eigenvalue weighted by molar-refractivity contribution is 5.83. The number of aliphatic carboxylic acids is 1. The number of carbonyl (C=O) groups is 2. The number of rotatable bonds is 6. The van der Waals surface area contributed by atoms with Gasteiger partial charge in [0.2, 0.25) is 5.91 Å². The number of nitrogens with zero attached hydrogens (tertiary/aromatic N) is 1. The van der Waals surface area contributed by atoms with E-state index in [-0.39, 0.29) is 5.91 Å². The van der Waals surface area contributed by atoms with Crippen molar-refractivity contribution in [3.63, 3.8) is 0 Å². The fraction of sp³-hybridized carbons (Fsp3) is 0.846. The van der Waals surface area contributed by atoms with E-state index in [9.17, 15) is 9.59 Å². The third-order valence-electron chi connectivity index (χ3n) is 3.44. The van der Waals surface area contributed by atoms with Crippen molar-refractivity contribution in [3.8, 4) is 0 Å². The molecule has 0 aromatic carbocycles. The predicted octanol–water partition coefficient (Wildman–Crippen LogP) is 1.09. The zero-order valence-electron chi connectivity index (χ0n) is 11.3. The van der Waals surface area contributed by atoms with Crippen molar-refractivity contribution in [2.24, 2.45) is 5.92 Å². The van der Waals surface area contributed by atoms with Crippen molar-refractivity contribution in [3.05, 3.63) is 0 Å². The van der Waals surface area contributed by atoms with E-state index in [1.165, 1.54) is 12.8 Å². The molecule has 0 aliphatic carbocycles. The largest absolute Gasteiger partial charge is 0.480 e. The van der Waals surface area contributed by atoms with Crippen LogP contribution >= 0.6 is 0 Å². The molecule has 0 radical (unpaired) electrons. The molecule has 0 aromatic rings. The van der Waals surface area contributed by atoms with Crippen LogP contribution in [0, 0.1) is 5.92 Å². The number of piperidine rings is 1. The van der Waals surface area contributed by atoms with E-state index in [1.807, 2.05) is 0 Å². The van der Waals surface area contributed by atoms with Gasteiger partial charge >= 0.3 is 5.97 Å². The third-order valence-corrected chi connectivity index (χ3v) is 3.44. The Balaban J connectivity index is 2.25. The Morgan fingerprint density at radius 3 is 2.78 bits per heavy atom. The van der Waals surface area contributed by atoms with Crippen LogP contribution in [0.5, 0.6) is 0 Å². The fourth-order valence-electron chi connectivity index (χ4n) is 2.35. The molecule has 5 heteroatoms. The second-order valence-electron chi connectivity index (χ2n) is 5.16. The number of carbonyl (C=O) groups excluding carboxylic acids is 1. The smallest absolute Gasteiger partial charge is 0.326 e. The Hall–Kier alpha value is -1.10. The average molecular weight is 256 g/mol. The standard InChI is InChI=1S/C13H24N2O3/c1-3-11(13(17)18)14-12(16)6-8-15-7-4-5-10(2)9-15/h10-11H,3-9H2,1-2H3,(H,14,16)(H,17,18). The maximum Gasteiger partial charge on any atom is 0.326 e. The van der Waals surface area contributed by atoms with Crippen molar-refractivity contribution in [1.29, 1.82) is 0 Å². The lowest BCUT2D eigenvalue weighted by Gasteiger charge is -2.30. The maximum absolute atomic E-state index is 11.6. The molecule has 1 saturated heterocycles. The number of likely N-dealkylation sites (tertiary alicyclic amines) is 1. The van der Waals surface area contributed by atoms with Crippen LogP contribution < -0.4 is 5.32 Å². The highest BCUT2D eigenvalue weighted by Gasteiger charge is 2.19. The molecule has 2 unspecified atom stereocenters. The van der Waals surface area contributed by atoms with Crippen LogP contribution in [0.4, 0.5) is 0 Å². The predicted molar refractivity (Wildman–Crippen MR) is 69.3 cm³/mol.